The van der Waals surface area contributed by atoms with E-state index in [0.29, 0.717) is 16.5 Å². The molecule has 8 nitrogen and oxygen atoms in total. The van der Waals surface area contributed by atoms with Crippen molar-refractivity contribution in [2.45, 2.75) is 76.2 Å². The number of aromatic nitrogens is 3. The van der Waals surface area contributed by atoms with Crippen molar-refractivity contribution >= 4 is 43.3 Å². The average molecular weight is 566 g/mol. The zero-order valence-electron chi connectivity index (χ0n) is 23.1. The number of nitrogens with one attached hydrogen (secondary N) is 1. The van der Waals surface area contributed by atoms with E-state index in [1.54, 1.807) is 29.9 Å². The van der Waals surface area contributed by atoms with Gasteiger partial charge < -0.3 is 5.32 Å². The van der Waals surface area contributed by atoms with E-state index >= 15 is 0 Å². The van der Waals surface area contributed by atoms with E-state index in [-0.39, 0.29) is 22.3 Å². The van der Waals surface area contributed by atoms with Crippen LogP contribution in [0.15, 0.2) is 53.4 Å². The van der Waals surface area contributed by atoms with Crippen LogP contribution in [-0.2, 0) is 15.4 Å². The van der Waals surface area contributed by atoms with Gasteiger partial charge in [0.25, 0.3) is 5.91 Å². The van der Waals surface area contributed by atoms with E-state index in [1.165, 1.54) is 33.3 Å². The number of nitrogens with zero attached hydrogens (tertiary/aromatic N) is 4. The molecule has 1 fully saturated rings. The van der Waals surface area contributed by atoms with Crippen molar-refractivity contribution in [3.05, 3.63) is 65.4 Å². The molecular weight excluding hydrogens is 530 g/mol. The van der Waals surface area contributed by atoms with Gasteiger partial charge in [0.15, 0.2) is 0 Å². The van der Waals surface area contributed by atoms with Crippen LogP contribution in [0.5, 0.6) is 0 Å². The molecular formula is C29H35N5O3S2. The Hall–Kier alpha value is -3.08. The highest BCUT2D eigenvalue weighted by Crippen LogP contribution is 2.32. The summed E-state index contributed by atoms with van der Waals surface area (Å²) in [4.78, 5) is 18.1. The van der Waals surface area contributed by atoms with Crippen molar-refractivity contribution in [1.29, 1.82) is 0 Å². The van der Waals surface area contributed by atoms with Gasteiger partial charge >= 0.3 is 0 Å². The van der Waals surface area contributed by atoms with E-state index in [1.807, 2.05) is 13.0 Å². The minimum absolute atomic E-state index is 0.0258. The van der Waals surface area contributed by atoms with Gasteiger partial charge in [-0.05, 0) is 67.1 Å². The molecule has 0 saturated heterocycles. The van der Waals surface area contributed by atoms with E-state index in [2.05, 4.69) is 43.3 Å². The molecule has 10 heteroatoms. The normalized spacial score (nSPS) is 15.2. The van der Waals surface area contributed by atoms with Gasteiger partial charge in [0.2, 0.25) is 15.2 Å². The third-order valence-electron chi connectivity index (χ3n) is 7.38. The number of rotatable bonds is 6. The molecule has 206 valence electrons. The van der Waals surface area contributed by atoms with Gasteiger partial charge in [-0.3, -0.25) is 4.79 Å². The maximum atomic E-state index is 13.2. The first-order chi connectivity index (χ1) is 18.4. The molecule has 0 aliphatic heterocycles. The Morgan fingerprint density at radius 2 is 1.74 bits per heavy atom. The maximum absolute atomic E-state index is 13.2. The topological polar surface area (TPSA) is 97.2 Å². The Morgan fingerprint density at radius 3 is 2.41 bits per heavy atom. The number of benzene rings is 2. The van der Waals surface area contributed by atoms with Crippen LogP contribution in [0.2, 0.25) is 0 Å². The highest BCUT2D eigenvalue weighted by Gasteiger charge is 2.29. The van der Waals surface area contributed by atoms with Crippen LogP contribution in [0.3, 0.4) is 0 Å². The number of thiazole rings is 1. The fraction of sp³-hybridized carbons (Fsp3) is 0.414. The Kier molecular flexibility index (Phi) is 7.39. The summed E-state index contributed by atoms with van der Waals surface area (Å²) >= 11 is 1.52. The summed E-state index contributed by atoms with van der Waals surface area (Å²) in [6.07, 6.45) is 5.03. The fourth-order valence-corrected chi connectivity index (χ4v) is 7.36. The van der Waals surface area contributed by atoms with Gasteiger partial charge in [0.1, 0.15) is 5.82 Å². The number of aryl methyl sites for hydroxylation is 1. The van der Waals surface area contributed by atoms with Crippen molar-refractivity contribution in [1.82, 2.24) is 19.1 Å². The second kappa shape index (κ2) is 10.5. The third kappa shape index (κ3) is 5.64. The van der Waals surface area contributed by atoms with Gasteiger partial charge in [0, 0.05) is 24.7 Å². The second-order valence-corrected chi connectivity index (χ2v) is 14.3. The van der Waals surface area contributed by atoms with E-state index in [4.69, 9.17) is 4.98 Å². The standard InChI is InChI=1S/C29H35N5O3S2/c1-19-17-26(34(32-19)28-30-24-16-13-21(29(2,3)4)18-25(24)38-28)31-27(35)20-11-14-23(15-12-20)39(36,37)33(5)22-9-7-6-8-10-22/h11-18,22H,6-10H2,1-5H3,(H,31,35). The second-order valence-electron chi connectivity index (χ2n) is 11.3. The van der Waals surface area contributed by atoms with Crippen LogP contribution in [0.1, 0.15) is 74.5 Å². The molecule has 1 N–H and O–H groups in total. The quantitative estimate of drug-likeness (QED) is 0.296. The smallest absolute Gasteiger partial charge is 0.256 e. The Morgan fingerprint density at radius 1 is 1.05 bits per heavy atom. The van der Waals surface area contributed by atoms with E-state index in [9.17, 15) is 13.2 Å². The first-order valence-electron chi connectivity index (χ1n) is 13.3. The predicted molar refractivity (Wildman–Crippen MR) is 156 cm³/mol. The van der Waals surface area contributed by atoms with Gasteiger partial charge in [0.05, 0.1) is 20.8 Å². The lowest BCUT2D eigenvalue weighted by Crippen LogP contribution is -2.38. The monoisotopic (exact) mass is 565 g/mol. The minimum atomic E-state index is -3.62. The Labute approximate surface area is 234 Å². The molecule has 0 bridgehead atoms. The van der Waals surface area contributed by atoms with Crippen molar-refractivity contribution < 1.29 is 13.2 Å². The molecule has 0 atom stereocenters. The molecule has 1 aliphatic carbocycles. The average Bonchev–Trinajstić information content (AvgIpc) is 3.50. The van der Waals surface area contributed by atoms with Crippen molar-refractivity contribution in [3.63, 3.8) is 0 Å². The van der Waals surface area contributed by atoms with Crippen LogP contribution < -0.4 is 5.32 Å². The molecule has 4 aromatic rings. The first-order valence-corrected chi connectivity index (χ1v) is 15.6. The Balaban J connectivity index is 1.36. The highest BCUT2D eigenvalue weighted by molar-refractivity contribution is 7.89. The van der Waals surface area contributed by atoms with Gasteiger partial charge in [-0.2, -0.15) is 14.1 Å². The lowest BCUT2D eigenvalue weighted by molar-refractivity contribution is 0.102. The van der Waals surface area contributed by atoms with Crippen LogP contribution >= 0.6 is 11.3 Å². The van der Waals surface area contributed by atoms with Crippen molar-refractivity contribution in [2.75, 3.05) is 12.4 Å². The summed E-state index contributed by atoms with van der Waals surface area (Å²) in [5.74, 6) is 0.151. The van der Waals surface area contributed by atoms with E-state index in [0.717, 1.165) is 48.0 Å². The molecule has 1 saturated carbocycles. The molecule has 39 heavy (non-hydrogen) atoms. The number of sulfonamides is 1. The summed E-state index contributed by atoms with van der Waals surface area (Å²) in [5, 5.41) is 8.16. The molecule has 1 amide bonds. The molecule has 1 aliphatic rings. The summed E-state index contributed by atoms with van der Waals surface area (Å²) in [7, 11) is -1.97. The molecule has 2 aromatic carbocycles. The maximum Gasteiger partial charge on any atom is 0.256 e. The number of amides is 1. The lowest BCUT2D eigenvalue weighted by Gasteiger charge is -2.30. The third-order valence-corrected chi connectivity index (χ3v) is 10.3. The molecule has 2 heterocycles. The Bertz CT molecular complexity index is 1610. The fourth-order valence-electron chi connectivity index (χ4n) is 4.98. The minimum Gasteiger partial charge on any atom is -0.306 e. The van der Waals surface area contributed by atoms with Crippen molar-refractivity contribution in [3.8, 4) is 5.13 Å². The van der Waals surface area contributed by atoms with Crippen LogP contribution in [0.25, 0.3) is 15.3 Å². The summed E-state index contributed by atoms with van der Waals surface area (Å²) in [5.41, 5.74) is 3.24. The summed E-state index contributed by atoms with van der Waals surface area (Å²) in [6.45, 7) is 8.40. The highest BCUT2D eigenvalue weighted by atomic mass is 32.2. The zero-order chi connectivity index (χ0) is 27.9. The summed E-state index contributed by atoms with van der Waals surface area (Å²) in [6, 6.07) is 14.2. The number of carbonyl (C=O) groups excluding carboxylic acids is 1. The van der Waals surface area contributed by atoms with Gasteiger partial charge in [-0.1, -0.05) is 57.4 Å². The number of carbonyl (C=O) groups is 1. The van der Waals surface area contributed by atoms with Crippen LogP contribution in [0, 0.1) is 6.92 Å². The number of anilines is 1. The molecule has 0 spiro atoms. The summed E-state index contributed by atoms with van der Waals surface area (Å²) < 4.78 is 30.5. The first kappa shape index (κ1) is 27.5. The van der Waals surface area contributed by atoms with Crippen molar-refractivity contribution in [2.24, 2.45) is 0 Å². The number of hydrogen-bond donors (Lipinski definition) is 1. The molecule has 0 unspecified atom stereocenters. The van der Waals surface area contributed by atoms with Gasteiger partial charge in [-0.25, -0.2) is 13.4 Å². The number of fused-ring (bicyclic) bond motifs is 1. The SMILES string of the molecule is Cc1cc(NC(=O)c2ccc(S(=O)(=O)N(C)C3CCCCC3)cc2)n(-c2nc3ccc(C(C)(C)C)cc3s2)n1. The van der Waals surface area contributed by atoms with Gasteiger partial charge in [-0.15, -0.1) is 0 Å². The largest absolute Gasteiger partial charge is 0.306 e. The molecule has 2 aromatic heterocycles. The van der Waals surface area contributed by atoms with Crippen LogP contribution in [0.4, 0.5) is 5.82 Å². The molecule has 5 rings (SSSR count). The van der Waals surface area contributed by atoms with Crippen LogP contribution in [-0.4, -0.2) is 46.5 Å². The number of hydrogen-bond acceptors (Lipinski definition) is 6. The lowest BCUT2D eigenvalue weighted by atomic mass is 9.87. The predicted octanol–water partition coefficient (Wildman–Crippen LogP) is 6.29. The molecule has 0 radical (unpaired) electrons. The zero-order valence-corrected chi connectivity index (χ0v) is 24.7. The van der Waals surface area contributed by atoms with E-state index < -0.39 is 10.0 Å².